The molecule has 1 atom stereocenters. The maximum atomic E-state index is 5.97. The molecule has 2 heterocycles. The van der Waals surface area contributed by atoms with Crippen molar-refractivity contribution in [1.82, 2.24) is 4.98 Å². The van der Waals surface area contributed by atoms with Gasteiger partial charge in [-0.3, -0.25) is 0 Å². The molecule has 19 heavy (non-hydrogen) atoms. The first-order chi connectivity index (χ1) is 9.19. The van der Waals surface area contributed by atoms with Gasteiger partial charge in [0.2, 0.25) is 0 Å². The minimum Gasteiger partial charge on any atom is -0.339 e. The van der Waals surface area contributed by atoms with Crippen LogP contribution in [0.25, 0.3) is 0 Å². The molecule has 1 aliphatic heterocycles. The van der Waals surface area contributed by atoms with Crippen molar-refractivity contribution < 1.29 is 0 Å². The predicted octanol–water partition coefficient (Wildman–Crippen LogP) is 2.65. The van der Waals surface area contributed by atoms with Crippen LogP contribution < -0.4 is 10.6 Å². The first-order valence-corrected chi connectivity index (χ1v) is 7.48. The lowest BCUT2D eigenvalue weighted by Crippen LogP contribution is -2.45. The molecule has 3 rings (SSSR count). The van der Waals surface area contributed by atoms with E-state index in [4.69, 9.17) is 10.7 Å². The molecule has 1 aromatic carbocycles. The van der Waals surface area contributed by atoms with Crippen LogP contribution in [0, 0.1) is 13.8 Å². The lowest BCUT2D eigenvalue weighted by atomic mass is 9.94. The second-order valence-electron chi connectivity index (χ2n) is 5.13. The van der Waals surface area contributed by atoms with E-state index in [0.29, 0.717) is 12.6 Å². The van der Waals surface area contributed by atoms with Gasteiger partial charge in [0.25, 0.3) is 0 Å². The summed E-state index contributed by atoms with van der Waals surface area (Å²) < 4.78 is 0. The van der Waals surface area contributed by atoms with Gasteiger partial charge in [0, 0.05) is 24.0 Å². The van der Waals surface area contributed by atoms with Crippen LogP contribution >= 0.6 is 11.3 Å². The van der Waals surface area contributed by atoms with Gasteiger partial charge >= 0.3 is 0 Å². The molecule has 1 unspecified atom stereocenters. The summed E-state index contributed by atoms with van der Waals surface area (Å²) in [4.78, 5) is 8.36. The zero-order valence-electron chi connectivity index (χ0n) is 11.4. The lowest BCUT2D eigenvalue weighted by molar-refractivity contribution is 0.560. The Morgan fingerprint density at radius 1 is 1.32 bits per heavy atom. The summed E-state index contributed by atoms with van der Waals surface area (Å²) in [6.07, 6.45) is 1.02. The molecule has 100 valence electrons. The molecule has 0 saturated carbocycles. The smallest absolute Gasteiger partial charge is 0.186 e. The molecule has 0 fully saturated rings. The van der Waals surface area contributed by atoms with Crippen molar-refractivity contribution >= 4 is 16.5 Å². The van der Waals surface area contributed by atoms with E-state index in [1.54, 1.807) is 11.3 Å². The molecule has 2 aromatic rings. The largest absolute Gasteiger partial charge is 0.339 e. The van der Waals surface area contributed by atoms with E-state index >= 15 is 0 Å². The van der Waals surface area contributed by atoms with Gasteiger partial charge in [0.1, 0.15) is 0 Å². The zero-order valence-corrected chi connectivity index (χ0v) is 12.2. The summed E-state index contributed by atoms with van der Waals surface area (Å²) >= 11 is 1.77. The molecule has 1 aromatic heterocycles. The Balaban J connectivity index is 1.97. The van der Waals surface area contributed by atoms with Crippen LogP contribution in [-0.2, 0) is 13.0 Å². The molecule has 1 aliphatic rings. The molecular formula is C15H19N3S. The third-order valence-corrected chi connectivity index (χ3v) is 5.00. The number of fused-ring (bicyclic) bond motifs is 1. The van der Waals surface area contributed by atoms with Crippen LogP contribution in [0.3, 0.4) is 0 Å². The quantitative estimate of drug-likeness (QED) is 0.914. The third kappa shape index (κ3) is 2.26. The highest BCUT2D eigenvalue weighted by molar-refractivity contribution is 7.15. The Hall–Kier alpha value is -1.39. The normalized spacial score (nSPS) is 18.5. The van der Waals surface area contributed by atoms with E-state index in [-0.39, 0.29) is 0 Å². The number of hydrogen-bond donors (Lipinski definition) is 1. The van der Waals surface area contributed by atoms with E-state index in [1.165, 1.54) is 16.0 Å². The predicted molar refractivity (Wildman–Crippen MR) is 80.8 cm³/mol. The van der Waals surface area contributed by atoms with Crippen LogP contribution in [-0.4, -0.2) is 17.6 Å². The molecule has 3 nitrogen and oxygen atoms in total. The van der Waals surface area contributed by atoms with Gasteiger partial charge in [-0.2, -0.15) is 0 Å². The standard InChI is InChI=1S/C15H19N3S/c1-10-11(2)19-15(17-10)18-9-13-6-4-3-5-12(13)7-14(18)8-16/h3-6,14H,7-9,16H2,1-2H3. The highest BCUT2D eigenvalue weighted by atomic mass is 32.1. The van der Waals surface area contributed by atoms with E-state index in [9.17, 15) is 0 Å². The van der Waals surface area contributed by atoms with Crippen molar-refractivity contribution in [3.05, 3.63) is 46.0 Å². The minimum atomic E-state index is 0.361. The van der Waals surface area contributed by atoms with Gasteiger partial charge in [-0.25, -0.2) is 4.98 Å². The maximum absolute atomic E-state index is 5.97. The van der Waals surface area contributed by atoms with Crippen LogP contribution in [0.2, 0.25) is 0 Å². The van der Waals surface area contributed by atoms with Crippen molar-refractivity contribution in [2.75, 3.05) is 11.4 Å². The Bertz CT molecular complexity index is 571. The molecule has 2 N–H and O–H groups in total. The average molecular weight is 273 g/mol. The molecule has 0 aliphatic carbocycles. The fraction of sp³-hybridized carbons (Fsp3) is 0.400. The number of rotatable bonds is 2. The van der Waals surface area contributed by atoms with Gasteiger partial charge in [-0.1, -0.05) is 24.3 Å². The average Bonchev–Trinajstić information content (AvgIpc) is 2.77. The number of aromatic nitrogens is 1. The summed E-state index contributed by atoms with van der Waals surface area (Å²) in [5.74, 6) is 0. The van der Waals surface area contributed by atoms with Gasteiger partial charge in [-0.05, 0) is 31.4 Å². The molecule has 0 bridgehead atoms. The van der Waals surface area contributed by atoms with Crippen LogP contribution in [0.4, 0.5) is 5.13 Å². The number of thiazole rings is 1. The Morgan fingerprint density at radius 3 is 2.68 bits per heavy atom. The van der Waals surface area contributed by atoms with Gasteiger partial charge in [0.15, 0.2) is 5.13 Å². The highest BCUT2D eigenvalue weighted by Gasteiger charge is 2.27. The second-order valence-corrected chi connectivity index (χ2v) is 6.31. The van der Waals surface area contributed by atoms with E-state index in [2.05, 4.69) is 43.0 Å². The first kappa shape index (κ1) is 12.6. The molecular weight excluding hydrogens is 254 g/mol. The van der Waals surface area contributed by atoms with Gasteiger partial charge in [-0.15, -0.1) is 11.3 Å². The zero-order chi connectivity index (χ0) is 13.4. The summed E-state index contributed by atoms with van der Waals surface area (Å²) in [5.41, 5.74) is 9.93. The number of hydrogen-bond acceptors (Lipinski definition) is 4. The number of nitrogens with two attached hydrogens (primary N) is 1. The van der Waals surface area contributed by atoms with Crippen LogP contribution in [0.15, 0.2) is 24.3 Å². The van der Waals surface area contributed by atoms with Crippen molar-refractivity contribution in [1.29, 1.82) is 0 Å². The Kier molecular flexibility index (Phi) is 3.29. The topological polar surface area (TPSA) is 42.2 Å². The first-order valence-electron chi connectivity index (χ1n) is 6.66. The fourth-order valence-electron chi connectivity index (χ4n) is 2.60. The van der Waals surface area contributed by atoms with Crippen molar-refractivity contribution in [3.8, 4) is 0 Å². The highest BCUT2D eigenvalue weighted by Crippen LogP contribution is 2.32. The van der Waals surface area contributed by atoms with E-state index in [0.717, 1.165) is 23.8 Å². The van der Waals surface area contributed by atoms with Crippen molar-refractivity contribution in [3.63, 3.8) is 0 Å². The van der Waals surface area contributed by atoms with E-state index < -0.39 is 0 Å². The van der Waals surface area contributed by atoms with Crippen LogP contribution in [0.5, 0.6) is 0 Å². The molecule has 0 saturated heterocycles. The summed E-state index contributed by atoms with van der Waals surface area (Å²) in [7, 11) is 0. The lowest BCUT2D eigenvalue weighted by Gasteiger charge is -2.36. The third-order valence-electron chi connectivity index (χ3n) is 3.89. The molecule has 0 amide bonds. The molecule has 0 radical (unpaired) electrons. The van der Waals surface area contributed by atoms with Gasteiger partial charge in [0.05, 0.1) is 5.69 Å². The summed E-state index contributed by atoms with van der Waals surface area (Å²) in [5, 5.41) is 1.11. The van der Waals surface area contributed by atoms with Gasteiger partial charge < -0.3 is 10.6 Å². The molecule has 4 heteroatoms. The maximum Gasteiger partial charge on any atom is 0.186 e. The number of aryl methyl sites for hydroxylation is 2. The Labute approximate surface area is 118 Å². The SMILES string of the molecule is Cc1nc(N2Cc3ccccc3CC2CN)sc1C. The number of benzene rings is 1. The molecule has 0 spiro atoms. The minimum absolute atomic E-state index is 0.361. The summed E-state index contributed by atoms with van der Waals surface area (Å²) in [6.45, 7) is 5.80. The van der Waals surface area contributed by atoms with Crippen molar-refractivity contribution in [2.24, 2.45) is 5.73 Å². The van der Waals surface area contributed by atoms with Crippen LogP contribution in [0.1, 0.15) is 21.7 Å². The van der Waals surface area contributed by atoms with E-state index in [1.807, 2.05) is 0 Å². The second kappa shape index (κ2) is 4.94. The van der Waals surface area contributed by atoms with Crippen molar-refractivity contribution in [2.45, 2.75) is 32.9 Å². The number of nitrogens with zero attached hydrogens (tertiary/aromatic N) is 2. The number of anilines is 1. The monoisotopic (exact) mass is 273 g/mol. The fourth-order valence-corrected chi connectivity index (χ4v) is 3.58. The summed E-state index contributed by atoms with van der Waals surface area (Å²) in [6, 6.07) is 9.01. The Morgan fingerprint density at radius 2 is 2.05 bits per heavy atom.